The lowest BCUT2D eigenvalue weighted by Crippen LogP contribution is -2.76. The van der Waals surface area contributed by atoms with Crippen LogP contribution in [0.3, 0.4) is 0 Å². The standard InChI is InChI=1S/C33H47NO5/c1-3-5-6-7-8-9-10-11-12-13-14-15-28(36)38-26-17-16-24-23-27-33(37)19-18-25(35)31-32(33,29(24)30(26)39-31)20-22-34(27)21-4-2/h4,16-17,27,31,37H,2-3,5-15,18-23H2,1H3. The Labute approximate surface area is 234 Å². The zero-order chi connectivity index (χ0) is 27.5. The Morgan fingerprint density at radius 2 is 1.79 bits per heavy atom. The molecular weight excluding hydrogens is 490 g/mol. The minimum Gasteiger partial charge on any atom is -0.477 e. The number of Topliss-reactive ketones (excluding diaryl/α,β-unsaturated/α-hetero) is 1. The molecule has 6 nitrogen and oxygen atoms in total. The van der Waals surface area contributed by atoms with Crippen LogP contribution in [0.4, 0.5) is 0 Å². The van der Waals surface area contributed by atoms with Crippen molar-refractivity contribution < 1.29 is 24.2 Å². The van der Waals surface area contributed by atoms with Crippen molar-refractivity contribution in [2.24, 2.45) is 0 Å². The molecule has 1 saturated heterocycles. The number of rotatable bonds is 15. The Hall–Kier alpha value is -2.18. The zero-order valence-electron chi connectivity index (χ0n) is 23.8. The second-order valence-electron chi connectivity index (χ2n) is 12.3. The lowest BCUT2D eigenvalue weighted by molar-refractivity contribution is -0.187. The Kier molecular flexibility index (Phi) is 8.82. The summed E-state index contributed by atoms with van der Waals surface area (Å²) in [5, 5.41) is 12.3. The number of likely N-dealkylation sites (tertiary alicyclic amines) is 1. The van der Waals surface area contributed by atoms with Crippen molar-refractivity contribution in [2.75, 3.05) is 13.1 Å². The van der Waals surface area contributed by atoms with Gasteiger partial charge in [0.05, 0.1) is 11.0 Å². The van der Waals surface area contributed by atoms with Crippen LogP contribution in [0.15, 0.2) is 24.8 Å². The van der Waals surface area contributed by atoms with Crippen molar-refractivity contribution >= 4 is 11.8 Å². The maximum atomic E-state index is 13.2. The van der Waals surface area contributed by atoms with E-state index in [2.05, 4.69) is 18.4 Å². The molecule has 4 atom stereocenters. The van der Waals surface area contributed by atoms with E-state index in [1.165, 1.54) is 51.4 Å². The van der Waals surface area contributed by atoms with Crippen LogP contribution in [0.5, 0.6) is 11.5 Å². The fourth-order valence-electron chi connectivity index (χ4n) is 7.97. The average molecular weight is 538 g/mol. The summed E-state index contributed by atoms with van der Waals surface area (Å²) in [5.41, 5.74) is 0.184. The molecule has 4 unspecified atom stereocenters. The van der Waals surface area contributed by atoms with Crippen LogP contribution < -0.4 is 9.47 Å². The maximum absolute atomic E-state index is 13.2. The Balaban J connectivity index is 1.20. The molecule has 6 heteroatoms. The Morgan fingerprint density at radius 1 is 1.10 bits per heavy atom. The van der Waals surface area contributed by atoms with Gasteiger partial charge in [0.1, 0.15) is 0 Å². The second-order valence-corrected chi connectivity index (χ2v) is 12.3. The molecule has 2 heterocycles. The lowest BCUT2D eigenvalue weighted by atomic mass is 9.49. The van der Waals surface area contributed by atoms with Gasteiger partial charge in [-0.15, -0.1) is 6.58 Å². The first-order valence-corrected chi connectivity index (χ1v) is 15.6. The van der Waals surface area contributed by atoms with Gasteiger partial charge in [0.25, 0.3) is 0 Å². The molecule has 1 aromatic rings. The maximum Gasteiger partial charge on any atom is 0.311 e. The van der Waals surface area contributed by atoms with Crippen molar-refractivity contribution in [3.05, 3.63) is 35.9 Å². The first-order chi connectivity index (χ1) is 19.0. The molecular formula is C33H47NO5. The summed E-state index contributed by atoms with van der Waals surface area (Å²) in [4.78, 5) is 28.3. The third-order valence-electron chi connectivity index (χ3n) is 9.93. The summed E-state index contributed by atoms with van der Waals surface area (Å²) in [6.45, 7) is 7.64. The number of benzene rings is 1. The monoisotopic (exact) mass is 537 g/mol. The number of carbonyl (C=O) groups is 2. The fraction of sp³-hybridized carbons (Fsp3) is 0.697. The van der Waals surface area contributed by atoms with Crippen molar-refractivity contribution in [3.63, 3.8) is 0 Å². The molecule has 2 fully saturated rings. The minimum atomic E-state index is -1.05. The van der Waals surface area contributed by atoms with Gasteiger partial charge < -0.3 is 14.6 Å². The van der Waals surface area contributed by atoms with Gasteiger partial charge in [-0.25, -0.2) is 0 Å². The molecule has 1 aromatic carbocycles. The number of hydrogen-bond donors (Lipinski definition) is 1. The Bertz CT molecular complexity index is 1070. The number of ether oxygens (including phenoxy) is 2. The number of aliphatic hydroxyl groups is 1. The predicted octanol–water partition coefficient (Wildman–Crippen LogP) is 6.20. The van der Waals surface area contributed by atoms with Crippen molar-refractivity contribution in [2.45, 2.75) is 133 Å². The van der Waals surface area contributed by atoms with E-state index in [0.29, 0.717) is 50.1 Å². The zero-order valence-corrected chi connectivity index (χ0v) is 23.8. The molecule has 39 heavy (non-hydrogen) atoms. The van der Waals surface area contributed by atoms with E-state index in [1.54, 1.807) is 0 Å². The average Bonchev–Trinajstić information content (AvgIpc) is 3.28. The van der Waals surface area contributed by atoms with Gasteiger partial charge >= 0.3 is 5.97 Å². The molecule has 2 aliphatic carbocycles. The van der Waals surface area contributed by atoms with E-state index in [9.17, 15) is 14.7 Å². The SMILES string of the molecule is C=CCN1CCC23c4c5ccc(OC(=O)CCCCCCCCCCCCC)c4OC2C(=O)CCC3(O)C1C5. The molecule has 1 spiro atoms. The van der Waals surface area contributed by atoms with Crippen LogP contribution >= 0.6 is 0 Å². The largest absolute Gasteiger partial charge is 0.477 e. The first-order valence-electron chi connectivity index (χ1n) is 15.6. The first kappa shape index (κ1) is 28.4. The lowest BCUT2D eigenvalue weighted by Gasteiger charge is -2.62. The molecule has 1 N–H and O–H groups in total. The number of unbranched alkanes of at least 4 members (excludes halogenated alkanes) is 10. The highest BCUT2D eigenvalue weighted by Gasteiger charge is 2.73. The smallest absolute Gasteiger partial charge is 0.311 e. The third-order valence-corrected chi connectivity index (χ3v) is 9.93. The highest BCUT2D eigenvalue weighted by molar-refractivity contribution is 5.90. The van der Waals surface area contributed by atoms with Crippen LogP contribution in [0.1, 0.15) is 114 Å². The van der Waals surface area contributed by atoms with Gasteiger partial charge in [-0.1, -0.05) is 83.3 Å². The summed E-state index contributed by atoms with van der Waals surface area (Å²) in [5.74, 6) is 0.689. The third kappa shape index (κ3) is 5.08. The molecule has 0 radical (unpaired) electrons. The van der Waals surface area contributed by atoms with E-state index >= 15 is 0 Å². The van der Waals surface area contributed by atoms with Gasteiger partial charge in [0.15, 0.2) is 23.4 Å². The van der Waals surface area contributed by atoms with Crippen LogP contribution in [-0.2, 0) is 21.4 Å². The van der Waals surface area contributed by atoms with Gasteiger partial charge in [0, 0.05) is 37.5 Å². The van der Waals surface area contributed by atoms with E-state index in [1.807, 2.05) is 18.2 Å². The number of esters is 1. The summed E-state index contributed by atoms with van der Waals surface area (Å²) < 4.78 is 12.2. The van der Waals surface area contributed by atoms with Crippen LogP contribution in [0, 0.1) is 0 Å². The van der Waals surface area contributed by atoms with Crippen LogP contribution in [-0.4, -0.2) is 52.6 Å². The van der Waals surface area contributed by atoms with E-state index in [4.69, 9.17) is 9.47 Å². The number of nitrogens with zero attached hydrogens (tertiary/aromatic N) is 1. The van der Waals surface area contributed by atoms with Crippen molar-refractivity contribution in [1.82, 2.24) is 4.90 Å². The second kappa shape index (κ2) is 12.1. The van der Waals surface area contributed by atoms with Gasteiger partial charge in [-0.05, 0) is 37.3 Å². The molecule has 5 rings (SSSR count). The predicted molar refractivity (Wildman–Crippen MR) is 152 cm³/mol. The van der Waals surface area contributed by atoms with E-state index < -0.39 is 17.1 Å². The molecule has 214 valence electrons. The van der Waals surface area contributed by atoms with Crippen LogP contribution in [0.2, 0.25) is 0 Å². The minimum absolute atomic E-state index is 0.0397. The molecule has 0 aromatic heterocycles. The highest BCUT2D eigenvalue weighted by atomic mass is 16.6. The number of piperidine rings is 1. The Morgan fingerprint density at radius 3 is 2.49 bits per heavy atom. The molecule has 1 saturated carbocycles. The molecule has 2 bridgehead atoms. The quantitative estimate of drug-likeness (QED) is 0.124. The number of hydrogen-bond acceptors (Lipinski definition) is 6. The summed E-state index contributed by atoms with van der Waals surface area (Å²) in [6, 6.07) is 3.75. The molecule has 0 amide bonds. The fourth-order valence-corrected chi connectivity index (χ4v) is 7.97. The van der Waals surface area contributed by atoms with Crippen LogP contribution in [0.25, 0.3) is 0 Å². The summed E-state index contributed by atoms with van der Waals surface area (Å²) >= 11 is 0. The van der Waals surface area contributed by atoms with Crippen molar-refractivity contribution in [1.29, 1.82) is 0 Å². The number of ketones is 1. The van der Waals surface area contributed by atoms with Gasteiger partial charge in [-0.3, -0.25) is 14.5 Å². The normalized spacial score (nSPS) is 28.6. The van der Waals surface area contributed by atoms with E-state index in [0.717, 1.165) is 36.9 Å². The van der Waals surface area contributed by atoms with Gasteiger partial charge in [0.2, 0.25) is 0 Å². The number of carbonyl (C=O) groups excluding carboxylic acids is 2. The van der Waals surface area contributed by atoms with Crippen molar-refractivity contribution in [3.8, 4) is 11.5 Å². The topological polar surface area (TPSA) is 76.1 Å². The molecule has 2 aliphatic heterocycles. The highest BCUT2D eigenvalue weighted by Crippen LogP contribution is 2.64. The summed E-state index contributed by atoms with van der Waals surface area (Å²) in [6.07, 6.45) is 17.2. The van der Waals surface area contributed by atoms with Gasteiger partial charge in [-0.2, -0.15) is 0 Å². The molecule has 4 aliphatic rings. The van der Waals surface area contributed by atoms with E-state index in [-0.39, 0.29) is 17.8 Å². The summed E-state index contributed by atoms with van der Waals surface area (Å²) in [7, 11) is 0.